The monoisotopic (exact) mass is 329 g/mol. The zero-order chi connectivity index (χ0) is 15.8. The van der Waals surface area contributed by atoms with Gasteiger partial charge >= 0.3 is 0 Å². The Balaban J connectivity index is 1.56. The minimum absolute atomic E-state index is 0.0292. The molecule has 2 aromatic rings. The molecule has 2 aliphatic heterocycles. The van der Waals surface area contributed by atoms with Gasteiger partial charge < -0.3 is 16.0 Å². The number of amides is 2. The molecule has 2 aliphatic rings. The van der Waals surface area contributed by atoms with E-state index in [4.69, 9.17) is 0 Å². The summed E-state index contributed by atoms with van der Waals surface area (Å²) in [6.07, 6.45) is 0.845. The van der Waals surface area contributed by atoms with E-state index < -0.39 is 0 Å². The highest BCUT2D eigenvalue weighted by molar-refractivity contribution is 8.00. The number of hydrogen-bond acceptors (Lipinski definition) is 5. The third-order valence-electron chi connectivity index (χ3n) is 3.89. The van der Waals surface area contributed by atoms with Crippen LogP contribution in [-0.2, 0) is 17.8 Å². The number of nitrogens with zero attached hydrogens (tertiary/aromatic N) is 1. The first-order valence-corrected chi connectivity index (χ1v) is 8.34. The van der Waals surface area contributed by atoms with Crippen molar-refractivity contribution in [1.29, 1.82) is 0 Å². The SMILES string of the molecule is O=C1CSc2ccc(NC(=O)c3n[nH]c4c3CNCC4)cc2N1. The first-order chi connectivity index (χ1) is 11.2. The number of rotatable bonds is 2. The van der Waals surface area contributed by atoms with Crippen molar-refractivity contribution in [3.8, 4) is 0 Å². The first kappa shape index (κ1) is 14.3. The van der Waals surface area contributed by atoms with Crippen molar-refractivity contribution >= 4 is 35.0 Å². The molecule has 7 nitrogen and oxygen atoms in total. The Bertz CT molecular complexity index is 801. The molecule has 2 amide bonds. The third-order valence-corrected chi connectivity index (χ3v) is 4.97. The molecule has 0 unspecified atom stereocenters. The van der Waals surface area contributed by atoms with Gasteiger partial charge in [0.25, 0.3) is 5.91 Å². The number of carbonyl (C=O) groups is 2. The number of aromatic amines is 1. The average molecular weight is 329 g/mol. The number of thioether (sulfide) groups is 1. The molecule has 1 aromatic heterocycles. The van der Waals surface area contributed by atoms with Gasteiger partial charge in [-0.15, -0.1) is 11.8 Å². The maximum atomic E-state index is 12.5. The molecule has 0 saturated heterocycles. The molecule has 0 atom stereocenters. The van der Waals surface area contributed by atoms with Crippen LogP contribution in [0.15, 0.2) is 23.1 Å². The van der Waals surface area contributed by atoms with E-state index in [1.165, 1.54) is 11.8 Å². The Morgan fingerprint density at radius 3 is 3.17 bits per heavy atom. The number of H-pyrrole nitrogens is 1. The molecule has 118 valence electrons. The Labute approximate surface area is 136 Å². The molecule has 8 heteroatoms. The summed E-state index contributed by atoms with van der Waals surface area (Å²) >= 11 is 1.49. The van der Waals surface area contributed by atoms with Gasteiger partial charge in [0.15, 0.2) is 5.69 Å². The molecule has 0 radical (unpaired) electrons. The zero-order valence-corrected chi connectivity index (χ0v) is 13.0. The topological polar surface area (TPSA) is 98.9 Å². The van der Waals surface area contributed by atoms with E-state index in [2.05, 4.69) is 26.1 Å². The first-order valence-electron chi connectivity index (χ1n) is 7.35. The molecular formula is C15H15N5O2S. The minimum atomic E-state index is -0.249. The van der Waals surface area contributed by atoms with Crippen LogP contribution in [0.25, 0.3) is 0 Å². The van der Waals surface area contributed by atoms with Gasteiger partial charge in [0.2, 0.25) is 5.91 Å². The van der Waals surface area contributed by atoms with E-state index in [-0.39, 0.29) is 11.8 Å². The number of anilines is 2. The lowest BCUT2D eigenvalue weighted by atomic mass is 10.1. The van der Waals surface area contributed by atoms with Crippen LogP contribution < -0.4 is 16.0 Å². The molecule has 0 bridgehead atoms. The van der Waals surface area contributed by atoms with Crippen LogP contribution in [0.2, 0.25) is 0 Å². The van der Waals surface area contributed by atoms with Crippen molar-refractivity contribution in [2.75, 3.05) is 22.9 Å². The summed E-state index contributed by atoms with van der Waals surface area (Å²) in [6.45, 7) is 1.53. The van der Waals surface area contributed by atoms with Crippen molar-refractivity contribution in [3.63, 3.8) is 0 Å². The summed E-state index contributed by atoms with van der Waals surface area (Å²) < 4.78 is 0. The molecule has 4 rings (SSSR count). The molecule has 0 saturated carbocycles. The smallest absolute Gasteiger partial charge is 0.276 e. The largest absolute Gasteiger partial charge is 0.324 e. The van der Waals surface area contributed by atoms with E-state index in [0.29, 0.717) is 23.7 Å². The molecule has 0 aliphatic carbocycles. The molecule has 1 aromatic carbocycles. The summed E-state index contributed by atoms with van der Waals surface area (Å²) in [5.74, 6) is 0.143. The van der Waals surface area contributed by atoms with Gasteiger partial charge in [-0.25, -0.2) is 0 Å². The van der Waals surface area contributed by atoms with Crippen LogP contribution in [0, 0.1) is 0 Å². The highest BCUT2D eigenvalue weighted by Crippen LogP contribution is 2.33. The number of nitrogens with one attached hydrogen (secondary N) is 4. The average Bonchev–Trinajstić information content (AvgIpc) is 2.98. The molecule has 3 heterocycles. The molecule has 23 heavy (non-hydrogen) atoms. The standard InChI is InChI=1S/C15H15N5O2S/c21-13-7-23-12-2-1-8(5-11(12)18-13)17-15(22)14-9-6-16-4-3-10(9)19-20-14/h1-2,5,16H,3-4,6-7H2,(H,17,22)(H,18,21)(H,19,20). The molecule has 4 N–H and O–H groups in total. The molecular weight excluding hydrogens is 314 g/mol. The molecule has 0 fully saturated rings. The van der Waals surface area contributed by atoms with Crippen molar-refractivity contribution < 1.29 is 9.59 Å². The fraction of sp³-hybridized carbons (Fsp3) is 0.267. The Hall–Kier alpha value is -2.32. The van der Waals surface area contributed by atoms with Gasteiger partial charge in [-0.05, 0) is 18.2 Å². The fourth-order valence-corrected chi connectivity index (χ4v) is 3.55. The summed E-state index contributed by atoms with van der Waals surface area (Å²) in [5, 5.41) is 16.0. The van der Waals surface area contributed by atoms with Crippen LogP contribution in [0.4, 0.5) is 11.4 Å². The zero-order valence-electron chi connectivity index (χ0n) is 12.2. The van der Waals surface area contributed by atoms with Gasteiger partial charge in [0, 0.05) is 41.4 Å². The van der Waals surface area contributed by atoms with Gasteiger partial charge in [-0.3, -0.25) is 14.7 Å². The Morgan fingerprint density at radius 1 is 1.35 bits per heavy atom. The summed E-state index contributed by atoms with van der Waals surface area (Å²) in [7, 11) is 0. The Kier molecular flexibility index (Phi) is 3.55. The van der Waals surface area contributed by atoms with Crippen LogP contribution in [0.5, 0.6) is 0 Å². The van der Waals surface area contributed by atoms with Crippen LogP contribution in [0.3, 0.4) is 0 Å². The third kappa shape index (κ3) is 2.71. The number of benzene rings is 1. The predicted octanol–water partition coefficient (Wildman–Crippen LogP) is 1.35. The van der Waals surface area contributed by atoms with Gasteiger partial charge in [0.05, 0.1) is 11.4 Å². The van der Waals surface area contributed by atoms with Crippen molar-refractivity contribution in [2.24, 2.45) is 0 Å². The van der Waals surface area contributed by atoms with Crippen LogP contribution in [-0.4, -0.2) is 34.3 Å². The number of carbonyl (C=O) groups excluding carboxylic acids is 2. The van der Waals surface area contributed by atoms with Gasteiger partial charge in [-0.1, -0.05) is 0 Å². The lowest BCUT2D eigenvalue weighted by Gasteiger charge is -2.17. The summed E-state index contributed by atoms with van der Waals surface area (Å²) in [6, 6.07) is 5.50. The minimum Gasteiger partial charge on any atom is -0.324 e. The second-order valence-electron chi connectivity index (χ2n) is 5.46. The van der Waals surface area contributed by atoms with E-state index in [0.717, 1.165) is 34.8 Å². The fourth-order valence-electron chi connectivity index (χ4n) is 2.76. The highest BCUT2D eigenvalue weighted by atomic mass is 32.2. The maximum Gasteiger partial charge on any atom is 0.276 e. The number of aromatic nitrogens is 2. The predicted molar refractivity (Wildman–Crippen MR) is 87.7 cm³/mol. The number of hydrogen-bond donors (Lipinski definition) is 4. The van der Waals surface area contributed by atoms with E-state index in [1.807, 2.05) is 12.1 Å². The Morgan fingerprint density at radius 2 is 2.26 bits per heavy atom. The summed E-state index contributed by atoms with van der Waals surface area (Å²) in [4.78, 5) is 24.9. The number of fused-ring (bicyclic) bond motifs is 2. The van der Waals surface area contributed by atoms with Crippen LogP contribution >= 0.6 is 11.8 Å². The van der Waals surface area contributed by atoms with Crippen LogP contribution in [0.1, 0.15) is 21.7 Å². The van der Waals surface area contributed by atoms with Crippen molar-refractivity contribution in [1.82, 2.24) is 15.5 Å². The quantitative estimate of drug-likeness (QED) is 0.667. The lowest BCUT2D eigenvalue weighted by molar-refractivity contribution is -0.113. The van der Waals surface area contributed by atoms with Gasteiger partial charge in [-0.2, -0.15) is 5.10 Å². The maximum absolute atomic E-state index is 12.5. The van der Waals surface area contributed by atoms with E-state index in [9.17, 15) is 9.59 Å². The normalized spacial score (nSPS) is 16.3. The van der Waals surface area contributed by atoms with E-state index in [1.54, 1.807) is 6.07 Å². The van der Waals surface area contributed by atoms with Crippen molar-refractivity contribution in [3.05, 3.63) is 35.2 Å². The summed E-state index contributed by atoms with van der Waals surface area (Å²) in [5.41, 5.74) is 3.73. The van der Waals surface area contributed by atoms with Gasteiger partial charge in [0.1, 0.15) is 0 Å². The lowest BCUT2D eigenvalue weighted by Crippen LogP contribution is -2.25. The molecule has 0 spiro atoms. The highest BCUT2D eigenvalue weighted by Gasteiger charge is 2.22. The second-order valence-corrected chi connectivity index (χ2v) is 6.48. The second kappa shape index (κ2) is 5.71. The van der Waals surface area contributed by atoms with Crippen molar-refractivity contribution in [2.45, 2.75) is 17.9 Å². The van der Waals surface area contributed by atoms with E-state index >= 15 is 0 Å².